The molecule has 2 aromatic carbocycles. The van der Waals surface area contributed by atoms with Crippen LogP contribution < -0.4 is 15.5 Å². The summed E-state index contributed by atoms with van der Waals surface area (Å²) in [5, 5.41) is 6.81. The van der Waals surface area contributed by atoms with E-state index in [9.17, 15) is 4.79 Å². The Labute approximate surface area is 186 Å². The maximum absolute atomic E-state index is 12.3. The zero-order chi connectivity index (χ0) is 21.6. The number of nitrogens with zero attached hydrogens (tertiary/aromatic N) is 3. The number of nitrogens with one attached hydrogen (secondary N) is 2. The van der Waals surface area contributed by atoms with Gasteiger partial charge in [0.1, 0.15) is 5.82 Å². The van der Waals surface area contributed by atoms with E-state index >= 15 is 0 Å². The summed E-state index contributed by atoms with van der Waals surface area (Å²) in [6, 6.07) is 16.7. The van der Waals surface area contributed by atoms with Crippen LogP contribution in [0.5, 0.6) is 0 Å². The fourth-order valence-electron chi connectivity index (χ4n) is 3.32. The first-order valence-electron chi connectivity index (χ1n) is 10.1. The van der Waals surface area contributed by atoms with Crippen molar-refractivity contribution in [2.45, 2.75) is 13.3 Å². The first kappa shape index (κ1) is 21.1. The second kappa shape index (κ2) is 9.76. The van der Waals surface area contributed by atoms with Crippen molar-refractivity contribution in [1.82, 2.24) is 9.97 Å². The lowest BCUT2D eigenvalue weighted by Crippen LogP contribution is -2.36. The number of anilines is 4. The van der Waals surface area contributed by atoms with Gasteiger partial charge in [-0.1, -0.05) is 23.7 Å². The molecule has 3 aromatic rings. The minimum atomic E-state index is -0.0831. The van der Waals surface area contributed by atoms with Crippen molar-refractivity contribution in [3.05, 3.63) is 70.9 Å². The molecule has 2 N–H and O–H groups in total. The number of hydrogen-bond donors (Lipinski definition) is 2. The van der Waals surface area contributed by atoms with Gasteiger partial charge >= 0.3 is 0 Å². The molecular weight excluding hydrogens is 414 g/mol. The SMILES string of the molecule is Cc1cc(N2CCOCC2)nc(Nc2ccc(NC(=O)Cc3ccc(Cl)cc3)cc2)n1. The van der Waals surface area contributed by atoms with Crippen molar-refractivity contribution < 1.29 is 9.53 Å². The molecule has 1 aromatic heterocycles. The highest BCUT2D eigenvalue weighted by Crippen LogP contribution is 2.21. The normalized spacial score (nSPS) is 13.7. The average molecular weight is 438 g/mol. The maximum Gasteiger partial charge on any atom is 0.229 e. The Morgan fingerprint density at radius 1 is 1.03 bits per heavy atom. The van der Waals surface area contributed by atoms with E-state index in [1.807, 2.05) is 49.4 Å². The van der Waals surface area contributed by atoms with E-state index in [0.29, 0.717) is 30.6 Å². The van der Waals surface area contributed by atoms with Gasteiger partial charge in [-0.05, 0) is 48.9 Å². The number of ether oxygens (including phenoxy) is 1. The third-order valence-electron chi connectivity index (χ3n) is 4.88. The number of carbonyl (C=O) groups excluding carboxylic acids is 1. The summed E-state index contributed by atoms with van der Waals surface area (Å²) in [6.07, 6.45) is 0.290. The topological polar surface area (TPSA) is 79.4 Å². The lowest BCUT2D eigenvalue weighted by molar-refractivity contribution is -0.115. The highest BCUT2D eigenvalue weighted by atomic mass is 35.5. The van der Waals surface area contributed by atoms with Gasteiger partial charge in [-0.3, -0.25) is 4.79 Å². The van der Waals surface area contributed by atoms with Crippen molar-refractivity contribution in [2.75, 3.05) is 41.8 Å². The number of amides is 1. The molecular formula is C23H24ClN5O2. The summed E-state index contributed by atoms with van der Waals surface area (Å²) in [6.45, 7) is 5.00. The molecule has 1 amide bonds. The van der Waals surface area contributed by atoms with E-state index < -0.39 is 0 Å². The minimum Gasteiger partial charge on any atom is -0.378 e. The van der Waals surface area contributed by atoms with Gasteiger partial charge < -0.3 is 20.3 Å². The number of aryl methyl sites for hydroxylation is 1. The molecule has 0 unspecified atom stereocenters. The van der Waals surface area contributed by atoms with Crippen molar-refractivity contribution in [3.8, 4) is 0 Å². The van der Waals surface area contributed by atoms with Gasteiger partial charge in [0.15, 0.2) is 0 Å². The molecule has 160 valence electrons. The van der Waals surface area contributed by atoms with Crippen molar-refractivity contribution in [2.24, 2.45) is 0 Å². The lowest BCUT2D eigenvalue weighted by Gasteiger charge is -2.28. The molecule has 31 heavy (non-hydrogen) atoms. The number of benzene rings is 2. The van der Waals surface area contributed by atoms with E-state index in [-0.39, 0.29) is 5.91 Å². The lowest BCUT2D eigenvalue weighted by atomic mass is 10.1. The Morgan fingerprint density at radius 3 is 2.42 bits per heavy atom. The van der Waals surface area contributed by atoms with Crippen LogP contribution >= 0.6 is 11.6 Å². The van der Waals surface area contributed by atoms with Crippen molar-refractivity contribution in [3.63, 3.8) is 0 Å². The van der Waals surface area contributed by atoms with Crippen LogP contribution in [0, 0.1) is 6.92 Å². The highest BCUT2D eigenvalue weighted by molar-refractivity contribution is 6.30. The van der Waals surface area contributed by atoms with Crippen LogP contribution in [0.2, 0.25) is 5.02 Å². The van der Waals surface area contributed by atoms with Crippen molar-refractivity contribution in [1.29, 1.82) is 0 Å². The molecule has 1 aliphatic heterocycles. The van der Waals surface area contributed by atoms with Crippen LogP contribution in [0.25, 0.3) is 0 Å². The van der Waals surface area contributed by atoms with Gasteiger partial charge in [0.2, 0.25) is 11.9 Å². The van der Waals surface area contributed by atoms with E-state index in [1.54, 1.807) is 12.1 Å². The van der Waals surface area contributed by atoms with Crippen LogP contribution in [0.4, 0.5) is 23.1 Å². The third-order valence-corrected chi connectivity index (χ3v) is 5.13. The van der Waals surface area contributed by atoms with Crippen LogP contribution in [0.3, 0.4) is 0 Å². The molecule has 8 heteroatoms. The van der Waals surface area contributed by atoms with Crippen LogP contribution in [0.1, 0.15) is 11.3 Å². The zero-order valence-corrected chi connectivity index (χ0v) is 18.0. The standard InChI is InChI=1S/C23H24ClN5O2/c1-16-14-21(29-10-12-31-13-11-29)28-23(25-16)27-20-8-6-19(7-9-20)26-22(30)15-17-2-4-18(24)5-3-17/h2-9,14H,10-13,15H2,1H3,(H,26,30)(H,25,27,28). The molecule has 0 atom stereocenters. The predicted octanol–water partition coefficient (Wildman–Crippen LogP) is 4.20. The van der Waals surface area contributed by atoms with Gasteiger partial charge in [0.05, 0.1) is 19.6 Å². The number of aromatic nitrogens is 2. The molecule has 7 nitrogen and oxygen atoms in total. The Hall–Kier alpha value is -3.16. The van der Waals surface area contributed by atoms with E-state index in [0.717, 1.165) is 41.5 Å². The Morgan fingerprint density at radius 2 is 1.71 bits per heavy atom. The number of carbonyl (C=O) groups is 1. The predicted molar refractivity (Wildman–Crippen MR) is 123 cm³/mol. The Balaban J connectivity index is 1.37. The van der Waals surface area contributed by atoms with E-state index in [2.05, 4.69) is 25.5 Å². The quantitative estimate of drug-likeness (QED) is 0.601. The summed E-state index contributed by atoms with van der Waals surface area (Å²) in [5.74, 6) is 1.35. The zero-order valence-electron chi connectivity index (χ0n) is 17.3. The Kier molecular flexibility index (Phi) is 6.64. The Bertz CT molecular complexity index is 1030. The van der Waals surface area contributed by atoms with Crippen LogP contribution in [-0.2, 0) is 16.0 Å². The van der Waals surface area contributed by atoms with Crippen molar-refractivity contribution >= 4 is 40.6 Å². The molecule has 0 aliphatic carbocycles. The highest BCUT2D eigenvalue weighted by Gasteiger charge is 2.14. The summed E-state index contributed by atoms with van der Waals surface area (Å²) in [5.41, 5.74) is 3.37. The molecule has 0 spiro atoms. The smallest absolute Gasteiger partial charge is 0.229 e. The van der Waals surface area contributed by atoms with E-state index in [1.165, 1.54) is 0 Å². The fraction of sp³-hybridized carbons (Fsp3) is 0.261. The fourth-order valence-corrected chi connectivity index (χ4v) is 3.45. The third kappa shape index (κ3) is 5.93. The average Bonchev–Trinajstić information content (AvgIpc) is 2.77. The summed E-state index contributed by atoms with van der Waals surface area (Å²) in [4.78, 5) is 23.6. The molecule has 0 radical (unpaired) electrons. The molecule has 1 aliphatic rings. The van der Waals surface area contributed by atoms with Gasteiger partial charge in [0, 0.05) is 41.2 Å². The minimum absolute atomic E-state index is 0.0831. The molecule has 1 fully saturated rings. The monoisotopic (exact) mass is 437 g/mol. The summed E-state index contributed by atoms with van der Waals surface area (Å²) < 4.78 is 5.42. The van der Waals surface area contributed by atoms with Gasteiger partial charge in [0.25, 0.3) is 0 Å². The number of morpholine rings is 1. The molecule has 0 saturated carbocycles. The van der Waals surface area contributed by atoms with Crippen LogP contribution in [-0.4, -0.2) is 42.2 Å². The van der Waals surface area contributed by atoms with Gasteiger partial charge in [-0.15, -0.1) is 0 Å². The molecule has 4 rings (SSSR count). The molecule has 2 heterocycles. The largest absolute Gasteiger partial charge is 0.378 e. The second-order valence-electron chi connectivity index (χ2n) is 7.34. The first-order chi connectivity index (χ1) is 15.0. The summed E-state index contributed by atoms with van der Waals surface area (Å²) in [7, 11) is 0. The summed E-state index contributed by atoms with van der Waals surface area (Å²) >= 11 is 5.88. The number of rotatable bonds is 6. The second-order valence-corrected chi connectivity index (χ2v) is 7.78. The number of hydrogen-bond acceptors (Lipinski definition) is 6. The first-order valence-corrected chi connectivity index (χ1v) is 10.5. The van der Waals surface area contributed by atoms with Crippen LogP contribution in [0.15, 0.2) is 54.6 Å². The maximum atomic E-state index is 12.3. The number of halogens is 1. The van der Waals surface area contributed by atoms with E-state index in [4.69, 9.17) is 16.3 Å². The molecule has 1 saturated heterocycles. The van der Waals surface area contributed by atoms with Gasteiger partial charge in [-0.2, -0.15) is 4.98 Å². The van der Waals surface area contributed by atoms with Gasteiger partial charge in [-0.25, -0.2) is 4.98 Å². The molecule has 0 bridgehead atoms.